The fourth-order valence-corrected chi connectivity index (χ4v) is 3.96. The molecule has 0 unspecified atom stereocenters. The number of anilines is 1. The molecule has 0 aliphatic carbocycles. The van der Waals surface area contributed by atoms with E-state index in [1.807, 2.05) is 26.0 Å². The lowest BCUT2D eigenvalue weighted by Crippen LogP contribution is -2.16. The van der Waals surface area contributed by atoms with Crippen molar-refractivity contribution in [2.45, 2.75) is 34.1 Å². The Bertz CT molecular complexity index is 997. The molecule has 26 heavy (non-hydrogen) atoms. The van der Waals surface area contributed by atoms with Crippen molar-refractivity contribution in [1.82, 2.24) is 14.5 Å². The molecule has 0 radical (unpaired) electrons. The molecule has 0 spiro atoms. The molecule has 0 atom stereocenters. The lowest BCUT2D eigenvalue weighted by atomic mass is 10.1. The molecule has 6 nitrogen and oxygen atoms in total. The van der Waals surface area contributed by atoms with Crippen LogP contribution < -0.4 is 11.0 Å². The number of aromatic nitrogens is 3. The molecule has 0 saturated heterocycles. The van der Waals surface area contributed by atoms with Gasteiger partial charge in [0.2, 0.25) is 0 Å². The first-order chi connectivity index (χ1) is 12.3. The largest absolute Gasteiger partial charge is 0.330 e. The number of aryl methyl sites for hydroxylation is 2. The van der Waals surface area contributed by atoms with Gasteiger partial charge in [-0.15, -0.1) is 11.3 Å². The molecular formula is C19H22N4O2S. The summed E-state index contributed by atoms with van der Waals surface area (Å²) < 4.78 is 1.56. The number of rotatable bonds is 5. The zero-order valence-electron chi connectivity index (χ0n) is 15.3. The third-order valence-corrected chi connectivity index (χ3v) is 5.13. The Morgan fingerprint density at radius 3 is 2.77 bits per heavy atom. The molecule has 7 heteroatoms. The Kier molecular flexibility index (Phi) is 5.08. The maximum Gasteiger partial charge on any atom is 0.330 e. The van der Waals surface area contributed by atoms with Crippen LogP contribution in [0.5, 0.6) is 0 Å². The Balaban J connectivity index is 1.84. The molecule has 136 valence electrons. The van der Waals surface area contributed by atoms with Gasteiger partial charge in [0.25, 0.3) is 5.91 Å². The predicted octanol–water partition coefficient (Wildman–Crippen LogP) is 3.69. The van der Waals surface area contributed by atoms with Crippen LogP contribution in [0.1, 0.15) is 39.9 Å². The van der Waals surface area contributed by atoms with E-state index in [1.54, 1.807) is 22.9 Å². The van der Waals surface area contributed by atoms with Gasteiger partial charge in [-0.2, -0.15) is 0 Å². The van der Waals surface area contributed by atoms with Crippen molar-refractivity contribution in [3.63, 3.8) is 0 Å². The molecule has 2 heterocycles. The van der Waals surface area contributed by atoms with E-state index in [9.17, 15) is 9.59 Å². The molecule has 2 aromatic heterocycles. The van der Waals surface area contributed by atoms with E-state index >= 15 is 0 Å². The van der Waals surface area contributed by atoms with E-state index in [0.717, 1.165) is 22.8 Å². The molecule has 1 aromatic carbocycles. The second kappa shape index (κ2) is 7.29. The van der Waals surface area contributed by atoms with Gasteiger partial charge >= 0.3 is 5.69 Å². The zero-order chi connectivity index (χ0) is 18.8. The highest BCUT2D eigenvalue weighted by atomic mass is 32.1. The van der Waals surface area contributed by atoms with Crippen LogP contribution in [-0.4, -0.2) is 20.4 Å². The first kappa shape index (κ1) is 18.1. The Labute approximate surface area is 155 Å². The van der Waals surface area contributed by atoms with Crippen LogP contribution in [0, 0.1) is 19.8 Å². The van der Waals surface area contributed by atoms with Crippen LogP contribution in [0.15, 0.2) is 35.3 Å². The van der Waals surface area contributed by atoms with Crippen molar-refractivity contribution in [2.75, 3.05) is 5.32 Å². The minimum Gasteiger partial charge on any atom is -0.321 e. The van der Waals surface area contributed by atoms with E-state index in [-0.39, 0.29) is 11.6 Å². The quantitative estimate of drug-likeness (QED) is 0.719. The van der Waals surface area contributed by atoms with Crippen molar-refractivity contribution in [3.8, 4) is 5.69 Å². The smallest absolute Gasteiger partial charge is 0.321 e. The molecule has 1 amide bonds. The maximum atomic E-state index is 12.7. The molecule has 0 saturated carbocycles. The number of aromatic amines is 1. The highest BCUT2D eigenvalue weighted by Crippen LogP contribution is 2.23. The fraction of sp³-hybridized carbons (Fsp3) is 0.316. The van der Waals surface area contributed by atoms with Crippen LogP contribution >= 0.6 is 11.3 Å². The minimum atomic E-state index is -0.206. The molecule has 0 fully saturated rings. The number of nitrogens with zero attached hydrogens (tertiary/aromatic N) is 2. The monoisotopic (exact) mass is 370 g/mol. The van der Waals surface area contributed by atoms with Gasteiger partial charge < -0.3 is 10.3 Å². The highest BCUT2D eigenvalue weighted by molar-refractivity contribution is 7.13. The first-order valence-corrected chi connectivity index (χ1v) is 9.32. The number of thiazole rings is 1. The van der Waals surface area contributed by atoms with Gasteiger partial charge in [0.15, 0.2) is 0 Å². The van der Waals surface area contributed by atoms with E-state index in [1.165, 1.54) is 11.3 Å². The van der Waals surface area contributed by atoms with Crippen molar-refractivity contribution >= 4 is 22.9 Å². The second-order valence-electron chi connectivity index (χ2n) is 6.70. The van der Waals surface area contributed by atoms with Crippen molar-refractivity contribution in [2.24, 2.45) is 5.92 Å². The third kappa shape index (κ3) is 3.77. The average Bonchev–Trinajstić information content (AvgIpc) is 3.09. The number of H-pyrrole nitrogens is 1. The van der Waals surface area contributed by atoms with Crippen molar-refractivity contribution < 1.29 is 4.79 Å². The maximum absolute atomic E-state index is 12.7. The lowest BCUT2D eigenvalue weighted by molar-refractivity contribution is 0.103. The van der Waals surface area contributed by atoms with Crippen LogP contribution in [0.4, 0.5) is 5.69 Å². The summed E-state index contributed by atoms with van der Waals surface area (Å²) in [6.07, 6.45) is 2.52. The molecule has 0 bridgehead atoms. The summed E-state index contributed by atoms with van der Waals surface area (Å²) in [5.41, 5.74) is 2.68. The van der Waals surface area contributed by atoms with E-state index in [0.29, 0.717) is 22.2 Å². The number of amides is 1. The third-order valence-electron chi connectivity index (χ3n) is 3.95. The Hall–Kier alpha value is -2.67. The first-order valence-electron chi connectivity index (χ1n) is 8.50. The van der Waals surface area contributed by atoms with Gasteiger partial charge in [-0.25, -0.2) is 9.78 Å². The van der Waals surface area contributed by atoms with Gasteiger partial charge in [-0.3, -0.25) is 9.36 Å². The summed E-state index contributed by atoms with van der Waals surface area (Å²) in [4.78, 5) is 32.4. The standard InChI is InChI=1S/C19H22N4O2S/c1-11(2)8-16-21-13(4)17(26-16)18(24)22-14-6-5-7-15(9-14)23-12(3)10-20-19(23)25/h5-7,9-11H,8H2,1-4H3,(H,20,25)(H,22,24). The number of nitrogens with one attached hydrogen (secondary N) is 2. The summed E-state index contributed by atoms with van der Waals surface area (Å²) in [5, 5.41) is 3.89. The van der Waals surface area contributed by atoms with Crippen molar-refractivity contribution in [3.05, 3.63) is 62.2 Å². The number of hydrogen-bond acceptors (Lipinski definition) is 4. The SMILES string of the molecule is Cc1nc(CC(C)C)sc1C(=O)Nc1cccc(-n2c(C)c[nH]c2=O)c1. The second-order valence-corrected chi connectivity index (χ2v) is 7.78. The molecular weight excluding hydrogens is 348 g/mol. The minimum absolute atomic E-state index is 0.176. The molecule has 0 aliphatic heterocycles. The van der Waals surface area contributed by atoms with Gasteiger partial charge in [0.1, 0.15) is 4.88 Å². The topological polar surface area (TPSA) is 79.8 Å². The number of imidazole rings is 1. The summed E-state index contributed by atoms with van der Waals surface area (Å²) in [7, 11) is 0. The van der Waals surface area contributed by atoms with Crippen LogP contribution in [0.2, 0.25) is 0 Å². The summed E-state index contributed by atoms with van der Waals surface area (Å²) in [6, 6.07) is 7.23. The van der Waals surface area contributed by atoms with E-state index in [4.69, 9.17) is 0 Å². The van der Waals surface area contributed by atoms with Gasteiger partial charge in [0, 0.05) is 24.0 Å². The number of benzene rings is 1. The van der Waals surface area contributed by atoms with Gasteiger partial charge in [-0.1, -0.05) is 19.9 Å². The van der Waals surface area contributed by atoms with E-state index < -0.39 is 0 Å². The van der Waals surface area contributed by atoms with Gasteiger partial charge in [-0.05, 0) is 38.0 Å². The fourth-order valence-electron chi connectivity index (χ4n) is 2.79. The molecule has 3 rings (SSSR count). The Morgan fingerprint density at radius 1 is 1.35 bits per heavy atom. The van der Waals surface area contributed by atoms with Crippen LogP contribution in [-0.2, 0) is 6.42 Å². The van der Waals surface area contributed by atoms with Gasteiger partial charge in [0.05, 0.1) is 16.4 Å². The van der Waals surface area contributed by atoms with Crippen LogP contribution in [0.3, 0.4) is 0 Å². The normalized spacial score (nSPS) is 11.1. The summed E-state index contributed by atoms with van der Waals surface area (Å²) >= 11 is 1.44. The predicted molar refractivity (Wildman–Crippen MR) is 104 cm³/mol. The van der Waals surface area contributed by atoms with E-state index in [2.05, 4.69) is 29.1 Å². The molecule has 3 aromatic rings. The Morgan fingerprint density at radius 2 is 2.12 bits per heavy atom. The zero-order valence-corrected chi connectivity index (χ0v) is 16.1. The lowest BCUT2D eigenvalue weighted by Gasteiger charge is -2.08. The average molecular weight is 370 g/mol. The van der Waals surface area contributed by atoms with Crippen molar-refractivity contribution in [1.29, 1.82) is 0 Å². The molecule has 0 aliphatic rings. The number of hydrogen-bond donors (Lipinski definition) is 2. The number of carbonyl (C=O) groups excluding carboxylic acids is 1. The number of carbonyl (C=O) groups is 1. The summed E-state index contributed by atoms with van der Waals surface area (Å²) in [5.74, 6) is 0.321. The highest BCUT2D eigenvalue weighted by Gasteiger charge is 2.16. The summed E-state index contributed by atoms with van der Waals surface area (Å²) in [6.45, 7) is 7.97. The molecule has 2 N–H and O–H groups in total. The van der Waals surface area contributed by atoms with Crippen LogP contribution in [0.25, 0.3) is 5.69 Å².